The molecule has 1 atom stereocenters. The molecule has 21 heavy (non-hydrogen) atoms. The van der Waals surface area contributed by atoms with Crippen LogP contribution in [0.2, 0.25) is 5.02 Å². The summed E-state index contributed by atoms with van der Waals surface area (Å²) >= 11 is 8.93. The Morgan fingerprint density at radius 1 is 1.24 bits per heavy atom. The minimum atomic E-state index is -1.94. The first kappa shape index (κ1) is 16.2. The Morgan fingerprint density at radius 2 is 1.90 bits per heavy atom. The molecule has 0 saturated carbocycles. The number of methoxy groups -OCH3 is 1. The zero-order valence-corrected chi connectivity index (χ0v) is 13.6. The predicted molar refractivity (Wildman–Crippen MR) is 80.7 cm³/mol. The summed E-state index contributed by atoms with van der Waals surface area (Å²) in [6.45, 7) is 1.29. The molecule has 0 aromatic heterocycles. The van der Waals surface area contributed by atoms with Gasteiger partial charge in [0.15, 0.2) is 0 Å². The van der Waals surface area contributed by atoms with Crippen LogP contribution in [-0.2, 0) is 5.60 Å². The normalized spacial score (nSPS) is 13.9. The molecule has 0 aliphatic rings. The van der Waals surface area contributed by atoms with Crippen LogP contribution < -0.4 is 4.74 Å². The average Bonchev–Trinajstić information content (AvgIpc) is 2.43. The third-order valence-corrected chi connectivity index (χ3v) is 4.50. The number of halogens is 4. The highest BCUT2D eigenvalue weighted by atomic mass is 79.9. The van der Waals surface area contributed by atoms with Crippen LogP contribution in [0.4, 0.5) is 8.78 Å². The van der Waals surface area contributed by atoms with Crippen molar-refractivity contribution in [2.75, 3.05) is 7.11 Å². The molecule has 0 saturated heterocycles. The third kappa shape index (κ3) is 2.78. The largest absolute Gasteiger partial charge is 0.496 e. The second-order valence-corrected chi connectivity index (χ2v) is 5.84. The Bertz CT molecular complexity index is 690. The lowest BCUT2D eigenvalue weighted by molar-refractivity contribution is 0.0904. The fourth-order valence-electron chi connectivity index (χ4n) is 2.18. The van der Waals surface area contributed by atoms with Crippen molar-refractivity contribution in [1.82, 2.24) is 0 Å². The molecule has 1 unspecified atom stereocenters. The Morgan fingerprint density at radius 3 is 2.52 bits per heavy atom. The topological polar surface area (TPSA) is 29.5 Å². The quantitative estimate of drug-likeness (QED) is 0.789. The van der Waals surface area contributed by atoms with E-state index in [4.69, 9.17) is 16.3 Å². The van der Waals surface area contributed by atoms with Crippen LogP contribution in [0.15, 0.2) is 34.8 Å². The van der Waals surface area contributed by atoms with Gasteiger partial charge in [0, 0.05) is 10.0 Å². The first-order chi connectivity index (χ1) is 9.80. The van der Waals surface area contributed by atoms with E-state index in [0.717, 1.165) is 0 Å². The van der Waals surface area contributed by atoms with Gasteiger partial charge in [0.25, 0.3) is 0 Å². The molecule has 0 spiro atoms. The van der Waals surface area contributed by atoms with Crippen molar-refractivity contribution in [1.29, 1.82) is 0 Å². The van der Waals surface area contributed by atoms with E-state index in [1.807, 2.05) is 0 Å². The maximum Gasteiger partial charge on any atom is 0.149 e. The van der Waals surface area contributed by atoms with Crippen molar-refractivity contribution in [3.05, 3.63) is 62.6 Å². The van der Waals surface area contributed by atoms with E-state index in [1.54, 1.807) is 0 Å². The summed E-state index contributed by atoms with van der Waals surface area (Å²) in [6, 6.07) is 6.94. The Hall–Kier alpha value is -1.17. The zero-order chi connectivity index (χ0) is 15.8. The maximum atomic E-state index is 14.3. The van der Waals surface area contributed by atoms with Crippen LogP contribution in [0.5, 0.6) is 5.75 Å². The number of hydrogen-bond acceptors (Lipinski definition) is 2. The van der Waals surface area contributed by atoms with Gasteiger partial charge < -0.3 is 9.84 Å². The molecule has 0 radical (unpaired) electrons. The molecular weight excluding hydrogens is 366 g/mol. The second-order valence-electron chi connectivity index (χ2n) is 4.61. The molecule has 0 heterocycles. The lowest BCUT2D eigenvalue weighted by atomic mass is 9.86. The summed E-state index contributed by atoms with van der Waals surface area (Å²) in [7, 11) is 1.35. The molecule has 0 aliphatic carbocycles. The molecule has 0 fully saturated rings. The molecule has 2 rings (SSSR count). The van der Waals surface area contributed by atoms with E-state index >= 15 is 0 Å². The van der Waals surface area contributed by atoms with Gasteiger partial charge in [-0.2, -0.15) is 0 Å². The van der Waals surface area contributed by atoms with Gasteiger partial charge in [-0.05, 0) is 41.1 Å². The highest BCUT2D eigenvalue weighted by Crippen LogP contribution is 2.40. The minimum Gasteiger partial charge on any atom is -0.496 e. The molecule has 0 bridgehead atoms. The maximum absolute atomic E-state index is 14.3. The van der Waals surface area contributed by atoms with Crippen LogP contribution in [0.25, 0.3) is 0 Å². The highest BCUT2D eigenvalue weighted by Gasteiger charge is 2.35. The molecule has 2 aromatic carbocycles. The van der Waals surface area contributed by atoms with Gasteiger partial charge in [0.2, 0.25) is 0 Å². The molecule has 1 N–H and O–H groups in total. The van der Waals surface area contributed by atoms with Gasteiger partial charge in [0.05, 0.1) is 17.7 Å². The summed E-state index contributed by atoms with van der Waals surface area (Å²) in [6.07, 6.45) is 0. The molecule has 2 nitrogen and oxygen atoms in total. The summed E-state index contributed by atoms with van der Waals surface area (Å²) < 4.78 is 33.9. The van der Waals surface area contributed by atoms with Crippen molar-refractivity contribution in [3.63, 3.8) is 0 Å². The van der Waals surface area contributed by atoms with Crippen LogP contribution in [-0.4, -0.2) is 12.2 Å². The number of rotatable bonds is 3. The molecule has 0 amide bonds. The van der Waals surface area contributed by atoms with Crippen molar-refractivity contribution >= 4 is 27.5 Å². The van der Waals surface area contributed by atoms with E-state index in [-0.39, 0.29) is 21.9 Å². The average molecular weight is 378 g/mol. The predicted octanol–water partition coefficient (Wildman–Crippen LogP) is 4.65. The van der Waals surface area contributed by atoms with Gasteiger partial charge in [-0.15, -0.1) is 0 Å². The van der Waals surface area contributed by atoms with Gasteiger partial charge in [-0.3, -0.25) is 0 Å². The van der Waals surface area contributed by atoms with Crippen LogP contribution >= 0.6 is 27.5 Å². The molecule has 112 valence electrons. The van der Waals surface area contributed by atoms with Crippen molar-refractivity contribution < 1.29 is 18.6 Å². The zero-order valence-electron chi connectivity index (χ0n) is 11.3. The van der Waals surface area contributed by atoms with E-state index in [9.17, 15) is 13.9 Å². The van der Waals surface area contributed by atoms with Crippen molar-refractivity contribution in [2.45, 2.75) is 12.5 Å². The van der Waals surface area contributed by atoms with Crippen LogP contribution in [0, 0.1) is 11.6 Å². The van der Waals surface area contributed by atoms with E-state index in [1.165, 1.54) is 44.4 Å². The van der Waals surface area contributed by atoms with Gasteiger partial charge in [-0.1, -0.05) is 23.7 Å². The van der Waals surface area contributed by atoms with Crippen LogP contribution in [0.1, 0.15) is 18.1 Å². The number of benzene rings is 2. The van der Waals surface area contributed by atoms with Crippen molar-refractivity contribution in [2.24, 2.45) is 0 Å². The molecule has 0 aliphatic heterocycles. The highest BCUT2D eigenvalue weighted by molar-refractivity contribution is 9.10. The lowest BCUT2D eigenvalue weighted by Crippen LogP contribution is -2.26. The monoisotopic (exact) mass is 376 g/mol. The van der Waals surface area contributed by atoms with Crippen molar-refractivity contribution in [3.8, 4) is 5.75 Å². The molecular formula is C15H12BrClF2O2. The summed E-state index contributed by atoms with van der Waals surface area (Å²) in [5, 5.41) is 10.5. The molecule has 2 aromatic rings. The second kappa shape index (κ2) is 5.91. The fraction of sp³-hybridized carbons (Fsp3) is 0.200. The SMILES string of the molecule is COc1cccc(F)c1C(C)(O)c1ccc(Br)c(Cl)c1F. The lowest BCUT2D eigenvalue weighted by Gasteiger charge is -2.27. The summed E-state index contributed by atoms with van der Waals surface area (Å²) in [5.41, 5.74) is -2.23. The Kier molecular flexibility index (Phi) is 4.56. The van der Waals surface area contributed by atoms with E-state index < -0.39 is 17.2 Å². The summed E-state index contributed by atoms with van der Waals surface area (Å²) in [5.74, 6) is -1.39. The van der Waals surface area contributed by atoms with E-state index in [2.05, 4.69) is 15.9 Å². The van der Waals surface area contributed by atoms with Gasteiger partial charge >= 0.3 is 0 Å². The fourth-order valence-corrected chi connectivity index (χ4v) is 2.65. The smallest absolute Gasteiger partial charge is 0.149 e. The summed E-state index contributed by atoms with van der Waals surface area (Å²) in [4.78, 5) is 0. The van der Waals surface area contributed by atoms with Gasteiger partial charge in [0.1, 0.15) is 23.0 Å². The first-order valence-corrected chi connectivity index (χ1v) is 7.17. The van der Waals surface area contributed by atoms with Crippen LogP contribution in [0.3, 0.4) is 0 Å². The minimum absolute atomic E-state index is 0.124. The Balaban J connectivity index is 2.71. The van der Waals surface area contributed by atoms with Gasteiger partial charge in [-0.25, -0.2) is 8.78 Å². The standard InChI is InChI=1S/C15H12BrClF2O2/c1-15(20,8-6-7-9(16)13(17)14(8)19)12-10(18)4-3-5-11(12)21-2/h3-7,20H,1-2H3. The number of aliphatic hydroxyl groups is 1. The molecule has 6 heteroatoms. The Labute approximate surface area is 134 Å². The number of hydrogen-bond donors (Lipinski definition) is 1. The third-order valence-electron chi connectivity index (χ3n) is 3.24. The number of ether oxygens (including phenoxy) is 1. The van der Waals surface area contributed by atoms with E-state index in [0.29, 0.717) is 4.47 Å². The first-order valence-electron chi connectivity index (χ1n) is 6.00.